The molecule has 0 aromatic rings. The van der Waals surface area contributed by atoms with Crippen molar-refractivity contribution < 1.29 is 19.7 Å². The lowest BCUT2D eigenvalue weighted by Crippen LogP contribution is -2.41. The van der Waals surface area contributed by atoms with Crippen molar-refractivity contribution in [1.82, 2.24) is 0 Å². The lowest BCUT2D eigenvalue weighted by atomic mass is 9.88. The van der Waals surface area contributed by atoms with Gasteiger partial charge in [0.1, 0.15) is 0 Å². The summed E-state index contributed by atoms with van der Waals surface area (Å²) in [6.07, 6.45) is 4.61. The van der Waals surface area contributed by atoms with Gasteiger partial charge in [-0.25, -0.2) is 4.79 Å². The summed E-state index contributed by atoms with van der Waals surface area (Å²) in [4.78, 5) is 11.5. The first-order valence-corrected chi connectivity index (χ1v) is 7.00. The number of aliphatic carboxylic acids is 1. The van der Waals surface area contributed by atoms with E-state index in [1.165, 1.54) is 0 Å². The molecule has 4 heteroatoms. The van der Waals surface area contributed by atoms with Crippen molar-refractivity contribution in [2.24, 2.45) is 11.8 Å². The van der Waals surface area contributed by atoms with Crippen molar-refractivity contribution in [2.45, 2.75) is 58.0 Å². The fourth-order valence-corrected chi connectivity index (χ4v) is 2.76. The van der Waals surface area contributed by atoms with Crippen LogP contribution < -0.4 is 0 Å². The Morgan fingerprint density at radius 1 is 1.39 bits per heavy atom. The zero-order valence-corrected chi connectivity index (χ0v) is 11.5. The fourth-order valence-electron chi connectivity index (χ4n) is 2.76. The number of hydrogen-bond acceptors (Lipinski definition) is 3. The molecule has 0 saturated heterocycles. The zero-order chi connectivity index (χ0) is 13.6. The number of ether oxygens (including phenoxy) is 1. The van der Waals surface area contributed by atoms with E-state index >= 15 is 0 Å². The second-order valence-electron chi connectivity index (χ2n) is 5.66. The minimum Gasteiger partial charge on any atom is -0.479 e. The van der Waals surface area contributed by atoms with Crippen LogP contribution in [0.4, 0.5) is 0 Å². The molecule has 1 aliphatic rings. The van der Waals surface area contributed by atoms with Gasteiger partial charge in [-0.2, -0.15) is 0 Å². The van der Waals surface area contributed by atoms with Crippen molar-refractivity contribution in [3.05, 3.63) is 0 Å². The van der Waals surface area contributed by atoms with Crippen LogP contribution in [-0.2, 0) is 9.53 Å². The van der Waals surface area contributed by atoms with Gasteiger partial charge >= 0.3 is 5.97 Å². The van der Waals surface area contributed by atoms with E-state index in [1.807, 2.05) is 0 Å². The summed E-state index contributed by atoms with van der Waals surface area (Å²) >= 11 is 0. The summed E-state index contributed by atoms with van der Waals surface area (Å²) in [5, 5.41) is 18.2. The molecule has 2 atom stereocenters. The van der Waals surface area contributed by atoms with Crippen LogP contribution in [0, 0.1) is 11.8 Å². The predicted octanol–water partition coefficient (Wildman–Crippen LogP) is 2.45. The molecule has 0 spiro atoms. The average molecular weight is 258 g/mol. The summed E-state index contributed by atoms with van der Waals surface area (Å²) in [6, 6.07) is 0. The average Bonchev–Trinajstić information content (AvgIpc) is 2.53. The van der Waals surface area contributed by atoms with E-state index in [0.29, 0.717) is 37.7 Å². The number of carboxylic acid groups (broad SMARTS) is 1. The highest BCUT2D eigenvalue weighted by atomic mass is 16.5. The van der Waals surface area contributed by atoms with Crippen LogP contribution in [0.15, 0.2) is 0 Å². The fraction of sp³-hybridized carbons (Fsp3) is 0.929. The highest BCUT2D eigenvalue weighted by Gasteiger charge is 2.41. The van der Waals surface area contributed by atoms with E-state index in [4.69, 9.17) is 9.84 Å². The molecular formula is C14H26O4. The first-order valence-electron chi connectivity index (χ1n) is 7.00. The molecule has 2 unspecified atom stereocenters. The maximum atomic E-state index is 11.5. The van der Waals surface area contributed by atoms with Gasteiger partial charge in [-0.15, -0.1) is 0 Å². The lowest BCUT2D eigenvalue weighted by molar-refractivity contribution is -0.168. The molecule has 0 radical (unpaired) electrons. The topological polar surface area (TPSA) is 66.8 Å². The Bertz CT molecular complexity index is 265. The summed E-state index contributed by atoms with van der Waals surface area (Å²) in [5.41, 5.74) is -1.02. The summed E-state index contributed by atoms with van der Waals surface area (Å²) < 4.78 is 5.62. The molecule has 1 saturated carbocycles. The molecule has 1 rings (SSSR count). The SMILES string of the molecule is CC(C)C1CCCC(OCCCO)(C(=O)O)CC1. The van der Waals surface area contributed by atoms with Gasteiger partial charge in [0.15, 0.2) is 5.60 Å². The van der Waals surface area contributed by atoms with Crippen molar-refractivity contribution in [3.63, 3.8) is 0 Å². The van der Waals surface area contributed by atoms with Gasteiger partial charge in [-0.1, -0.05) is 20.3 Å². The smallest absolute Gasteiger partial charge is 0.335 e. The summed E-state index contributed by atoms with van der Waals surface area (Å²) in [7, 11) is 0. The minimum absolute atomic E-state index is 0.0460. The number of carboxylic acids is 1. The zero-order valence-electron chi connectivity index (χ0n) is 11.5. The first-order chi connectivity index (χ1) is 8.52. The summed E-state index contributed by atoms with van der Waals surface area (Å²) in [5.74, 6) is 0.365. The van der Waals surface area contributed by atoms with E-state index in [1.54, 1.807) is 0 Å². The van der Waals surface area contributed by atoms with Crippen LogP contribution >= 0.6 is 0 Å². The third-order valence-electron chi connectivity index (χ3n) is 4.09. The number of rotatable bonds is 6. The Balaban J connectivity index is 2.64. The number of aliphatic hydroxyl groups excluding tert-OH is 1. The first kappa shape index (κ1) is 15.4. The van der Waals surface area contributed by atoms with E-state index in [0.717, 1.165) is 19.3 Å². The molecule has 0 bridgehead atoms. The Morgan fingerprint density at radius 3 is 2.67 bits per heavy atom. The standard InChI is InChI=1S/C14H26O4/c1-11(2)12-5-3-7-14(8-6-12,13(16)17)18-10-4-9-15/h11-12,15H,3-10H2,1-2H3,(H,16,17). The van der Waals surface area contributed by atoms with Crippen LogP contribution in [-0.4, -0.2) is 35.0 Å². The largest absolute Gasteiger partial charge is 0.479 e. The molecule has 1 aliphatic carbocycles. The predicted molar refractivity (Wildman–Crippen MR) is 69.4 cm³/mol. The number of hydrogen-bond donors (Lipinski definition) is 2. The van der Waals surface area contributed by atoms with Gasteiger partial charge in [-0.3, -0.25) is 0 Å². The molecule has 0 heterocycles. The Labute approximate surface area is 109 Å². The highest BCUT2D eigenvalue weighted by molar-refractivity contribution is 5.77. The Kier molecular flexibility index (Phi) is 6.09. The van der Waals surface area contributed by atoms with Crippen LogP contribution in [0.5, 0.6) is 0 Å². The number of carbonyl (C=O) groups is 1. The van der Waals surface area contributed by atoms with Gasteiger partial charge in [-0.05, 0) is 43.9 Å². The third kappa shape index (κ3) is 3.95. The van der Waals surface area contributed by atoms with Gasteiger partial charge in [0, 0.05) is 6.61 Å². The molecule has 0 amide bonds. The van der Waals surface area contributed by atoms with Crippen LogP contribution in [0.2, 0.25) is 0 Å². The van der Waals surface area contributed by atoms with E-state index in [-0.39, 0.29) is 6.61 Å². The quantitative estimate of drug-likeness (QED) is 0.567. The molecule has 1 fully saturated rings. The van der Waals surface area contributed by atoms with Crippen LogP contribution in [0.3, 0.4) is 0 Å². The van der Waals surface area contributed by atoms with Gasteiger partial charge in [0.05, 0.1) is 6.61 Å². The lowest BCUT2D eigenvalue weighted by Gasteiger charge is -2.28. The van der Waals surface area contributed by atoms with Crippen molar-refractivity contribution in [2.75, 3.05) is 13.2 Å². The maximum Gasteiger partial charge on any atom is 0.335 e. The van der Waals surface area contributed by atoms with E-state index < -0.39 is 11.6 Å². The Morgan fingerprint density at radius 2 is 2.11 bits per heavy atom. The minimum atomic E-state index is -1.02. The maximum absolute atomic E-state index is 11.5. The van der Waals surface area contributed by atoms with Gasteiger partial charge in [0.2, 0.25) is 0 Å². The second kappa shape index (κ2) is 7.10. The molecule has 0 aromatic carbocycles. The molecule has 0 aliphatic heterocycles. The van der Waals surface area contributed by atoms with Crippen LogP contribution in [0.1, 0.15) is 52.4 Å². The molecule has 106 valence electrons. The molecule has 4 nitrogen and oxygen atoms in total. The monoisotopic (exact) mass is 258 g/mol. The molecule has 18 heavy (non-hydrogen) atoms. The van der Waals surface area contributed by atoms with Gasteiger partial charge < -0.3 is 14.9 Å². The molecule has 0 aromatic heterocycles. The third-order valence-corrected chi connectivity index (χ3v) is 4.09. The van der Waals surface area contributed by atoms with Crippen molar-refractivity contribution in [1.29, 1.82) is 0 Å². The molecule has 2 N–H and O–H groups in total. The summed E-state index contributed by atoms with van der Waals surface area (Å²) in [6.45, 7) is 4.77. The van der Waals surface area contributed by atoms with E-state index in [9.17, 15) is 9.90 Å². The highest BCUT2D eigenvalue weighted by Crippen LogP contribution is 2.36. The molecular weight excluding hydrogens is 232 g/mol. The van der Waals surface area contributed by atoms with Crippen molar-refractivity contribution in [3.8, 4) is 0 Å². The number of aliphatic hydroxyl groups is 1. The Hall–Kier alpha value is -0.610. The van der Waals surface area contributed by atoms with Gasteiger partial charge in [0.25, 0.3) is 0 Å². The second-order valence-corrected chi connectivity index (χ2v) is 5.66. The van der Waals surface area contributed by atoms with E-state index in [2.05, 4.69) is 13.8 Å². The van der Waals surface area contributed by atoms with Crippen molar-refractivity contribution >= 4 is 5.97 Å². The van der Waals surface area contributed by atoms with Crippen LogP contribution in [0.25, 0.3) is 0 Å². The normalized spacial score (nSPS) is 29.2.